The topological polar surface area (TPSA) is 104 Å². The van der Waals surface area contributed by atoms with Crippen LogP contribution in [0, 0.1) is 25.1 Å². The van der Waals surface area contributed by atoms with Gasteiger partial charge in [0.15, 0.2) is 17.5 Å². The average molecular weight is 517 g/mol. The van der Waals surface area contributed by atoms with Gasteiger partial charge in [0, 0.05) is 55.9 Å². The maximum atomic E-state index is 13.3. The zero-order chi connectivity index (χ0) is 26.1. The van der Waals surface area contributed by atoms with Gasteiger partial charge in [-0.1, -0.05) is 6.07 Å². The molecular weight excluding hydrogens is 483 g/mol. The molecule has 0 aromatic carbocycles. The predicted molar refractivity (Wildman–Crippen MR) is 143 cm³/mol. The molecule has 0 radical (unpaired) electrons. The first-order valence-electron chi connectivity index (χ1n) is 13.2. The standard InChI is InChI=1S/C27H33FN10/c1-19-12-23(32-24-13-20(2)34-35-24)33-26(31-19)37-10-7-27(8-11-37)6-3-9-36(18-27)16-21-4-5-25(29-14-21)38-17-22(28)15-30-38/h4-5,12-15,17H,3,6-11,16,18H2,1-2H3,(H2,31,32,33,34,35). The zero-order valence-corrected chi connectivity index (χ0v) is 21.9. The summed E-state index contributed by atoms with van der Waals surface area (Å²) in [4.78, 5) is 18.9. The maximum absolute atomic E-state index is 13.3. The molecule has 4 aromatic heterocycles. The zero-order valence-electron chi connectivity index (χ0n) is 21.9. The van der Waals surface area contributed by atoms with Crippen molar-refractivity contribution >= 4 is 17.6 Å². The van der Waals surface area contributed by atoms with Gasteiger partial charge in [-0.05, 0) is 63.1 Å². The van der Waals surface area contributed by atoms with E-state index in [1.54, 1.807) is 0 Å². The number of hydrogen-bond donors (Lipinski definition) is 2. The molecule has 6 rings (SSSR count). The summed E-state index contributed by atoms with van der Waals surface area (Å²) in [6.07, 6.45) is 9.13. The number of nitrogens with zero attached hydrogens (tertiary/aromatic N) is 8. The van der Waals surface area contributed by atoms with Gasteiger partial charge in [-0.3, -0.25) is 10.00 Å². The van der Waals surface area contributed by atoms with Crippen molar-refractivity contribution in [3.63, 3.8) is 0 Å². The Bertz CT molecular complexity index is 1390. The van der Waals surface area contributed by atoms with Gasteiger partial charge in [0.05, 0.1) is 12.4 Å². The lowest BCUT2D eigenvalue weighted by molar-refractivity contribution is 0.0602. The third-order valence-corrected chi connectivity index (χ3v) is 7.65. The Morgan fingerprint density at radius 1 is 1.03 bits per heavy atom. The molecule has 2 aliphatic rings. The quantitative estimate of drug-likeness (QED) is 0.394. The molecule has 11 heteroatoms. The van der Waals surface area contributed by atoms with Gasteiger partial charge >= 0.3 is 0 Å². The number of hydrogen-bond acceptors (Lipinski definition) is 8. The summed E-state index contributed by atoms with van der Waals surface area (Å²) in [7, 11) is 0. The van der Waals surface area contributed by atoms with E-state index in [2.05, 4.69) is 41.5 Å². The second kappa shape index (κ2) is 10.1. The molecule has 10 nitrogen and oxygen atoms in total. The molecule has 2 aliphatic heterocycles. The van der Waals surface area contributed by atoms with E-state index in [0.29, 0.717) is 11.2 Å². The number of piperidine rings is 2. The number of likely N-dealkylation sites (tertiary alicyclic amines) is 1. The number of aromatic amines is 1. The Labute approximate surface area is 221 Å². The number of aromatic nitrogens is 7. The normalized spacial score (nSPS) is 17.7. The first kappa shape index (κ1) is 24.5. The minimum absolute atomic E-state index is 0.326. The molecule has 4 aromatic rings. The number of pyridine rings is 1. The van der Waals surface area contributed by atoms with Gasteiger partial charge in [0.2, 0.25) is 5.95 Å². The summed E-state index contributed by atoms with van der Waals surface area (Å²) in [5.41, 5.74) is 3.43. The van der Waals surface area contributed by atoms with E-state index in [4.69, 9.17) is 9.97 Å². The van der Waals surface area contributed by atoms with E-state index in [1.807, 2.05) is 38.2 Å². The number of rotatable bonds is 6. The highest BCUT2D eigenvalue weighted by atomic mass is 19.1. The second-order valence-corrected chi connectivity index (χ2v) is 10.7. The lowest BCUT2D eigenvalue weighted by atomic mass is 9.72. The van der Waals surface area contributed by atoms with Crippen LogP contribution in [-0.4, -0.2) is 66.0 Å². The summed E-state index contributed by atoms with van der Waals surface area (Å²) in [6.45, 7) is 8.95. The maximum Gasteiger partial charge on any atom is 0.227 e. The lowest BCUT2D eigenvalue weighted by Gasteiger charge is -2.47. The first-order chi connectivity index (χ1) is 18.4. The van der Waals surface area contributed by atoms with E-state index in [9.17, 15) is 4.39 Å². The van der Waals surface area contributed by atoms with E-state index < -0.39 is 0 Å². The van der Waals surface area contributed by atoms with Crippen molar-refractivity contribution in [3.05, 3.63) is 65.6 Å². The highest BCUT2D eigenvalue weighted by Gasteiger charge is 2.38. The smallest absolute Gasteiger partial charge is 0.227 e. The van der Waals surface area contributed by atoms with Crippen molar-refractivity contribution in [1.29, 1.82) is 0 Å². The molecule has 0 unspecified atom stereocenters. The summed E-state index contributed by atoms with van der Waals surface area (Å²) in [5, 5.41) is 14.5. The first-order valence-corrected chi connectivity index (χ1v) is 13.2. The van der Waals surface area contributed by atoms with Crippen LogP contribution in [0.5, 0.6) is 0 Å². The van der Waals surface area contributed by atoms with E-state index in [-0.39, 0.29) is 5.82 Å². The van der Waals surface area contributed by atoms with Crippen LogP contribution in [0.15, 0.2) is 42.9 Å². The van der Waals surface area contributed by atoms with Crippen LogP contribution in [0.2, 0.25) is 0 Å². The largest absolute Gasteiger partial charge is 0.341 e. The van der Waals surface area contributed by atoms with Gasteiger partial charge in [-0.25, -0.2) is 19.0 Å². The fourth-order valence-electron chi connectivity index (χ4n) is 5.74. The van der Waals surface area contributed by atoms with Gasteiger partial charge in [0.1, 0.15) is 5.82 Å². The second-order valence-electron chi connectivity index (χ2n) is 10.7. The molecule has 0 bridgehead atoms. The van der Waals surface area contributed by atoms with E-state index >= 15 is 0 Å². The molecule has 0 aliphatic carbocycles. The Morgan fingerprint density at radius 2 is 1.89 bits per heavy atom. The number of nitrogens with one attached hydrogen (secondary N) is 2. The van der Waals surface area contributed by atoms with Crippen LogP contribution in [0.4, 0.5) is 22.0 Å². The molecule has 198 valence electrons. The predicted octanol–water partition coefficient (Wildman–Crippen LogP) is 4.16. The van der Waals surface area contributed by atoms with E-state index in [0.717, 1.165) is 80.1 Å². The lowest BCUT2D eigenvalue weighted by Crippen LogP contribution is -2.49. The SMILES string of the molecule is Cc1cc(Nc2cc(C)[nH]n2)nc(N2CCC3(CCCN(Cc4ccc(-n5cc(F)cn5)nc4)C3)CC2)n1. The molecule has 0 saturated carbocycles. The highest BCUT2D eigenvalue weighted by molar-refractivity contribution is 5.54. The number of anilines is 3. The molecule has 1 spiro atoms. The third kappa shape index (κ3) is 5.38. The van der Waals surface area contributed by atoms with E-state index in [1.165, 1.54) is 29.9 Å². The van der Waals surface area contributed by atoms with Gasteiger partial charge in [0.25, 0.3) is 0 Å². The highest BCUT2D eigenvalue weighted by Crippen LogP contribution is 2.41. The van der Waals surface area contributed by atoms with Crippen LogP contribution in [0.1, 0.15) is 42.6 Å². The van der Waals surface area contributed by atoms with Crippen molar-refractivity contribution in [2.24, 2.45) is 5.41 Å². The van der Waals surface area contributed by atoms with Crippen molar-refractivity contribution in [1.82, 2.24) is 39.8 Å². The fourth-order valence-corrected chi connectivity index (χ4v) is 5.74. The Kier molecular flexibility index (Phi) is 6.52. The molecule has 2 fully saturated rings. The van der Waals surface area contributed by atoms with Gasteiger partial charge in [-0.15, -0.1) is 0 Å². The molecule has 38 heavy (non-hydrogen) atoms. The Hall–Kier alpha value is -3.86. The monoisotopic (exact) mass is 516 g/mol. The summed E-state index contributed by atoms with van der Waals surface area (Å²) in [5.74, 6) is 2.56. The third-order valence-electron chi connectivity index (χ3n) is 7.65. The summed E-state index contributed by atoms with van der Waals surface area (Å²) >= 11 is 0. The van der Waals surface area contributed by atoms with Crippen LogP contribution in [0.25, 0.3) is 5.82 Å². The Balaban J connectivity index is 1.07. The molecule has 2 N–H and O–H groups in total. The molecule has 2 saturated heterocycles. The average Bonchev–Trinajstić information content (AvgIpc) is 3.52. The van der Waals surface area contributed by atoms with Crippen LogP contribution in [-0.2, 0) is 6.54 Å². The van der Waals surface area contributed by atoms with Crippen LogP contribution in [0.3, 0.4) is 0 Å². The fraction of sp³-hybridized carbons (Fsp3) is 0.444. The number of H-pyrrole nitrogens is 1. The molecule has 6 heterocycles. The Morgan fingerprint density at radius 3 is 2.61 bits per heavy atom. The summed E-state index contributed by atoms with van der Waals surface area (Å²) < 4.78 is 14.7. The van der Waals surface area contributed by atoms with Crippen molar-refractivity contribution in [2.45, 2.75) is 46.1 Å². The van der Waals surface area contributed by atoms with Crippen molar-refractivity contribution in [3.8, 4) is 5.82 Å². The molecule has 0 amide bonds. The van der Waals surface area contributed by atoms with Crippen molar-refractivity contribution < 1.29 is 4.39 Å². The van der Waals surface area contributed by atoms with Crippen LogP contribution >= 0.6 is 0 Å². The van der Waals surface area contributed by atoms with Crippen molar-refractivity contribution in [2.75, 3.05) is 36.4 Å². The number of halogens is 1. The molecular formula is C27H33FN10. The minimum Gasteiger partial charge on any atom is -0.341 e. The van der Waals surface area contributed by atoms with Crippen LogP contribution < -0.4 is 10.2 Å². The van der Waals surface area contributed by atoms with Gasteiger partial charge in [-0.2, -0.15) is 15.2 Å². The minimum atomic E-state index is -0.365. The molecule has 0 atom stereocenters. The number of aryl methyl sites for hydroxylation is 2. The van der Waals surface area contributed by atoms with Gasteiger partial charge < -0.3 is 10.2 Å². The summed E-state index contributed by atoms with van der Waals surface area (Å²) in [6, 6.07) is 7.88.